The van der Waals surface area contributed by atoms with Crippen LogP contribution in [0.1, 0.15) is 0 Å². The number of benzene rings is 1. The number of hydrogen-bond donors (Lipinski definition) is 3. The summed E-state index contributed by atoms with van der Waals surface area (Å²) in [5, 5.41) is 34.3. The van der Waals surface area contributed by atoms with E-state index >= 15 is 0 Å². The van der Waals surface area contributed by atoms with Crippen LogP contribution in [0.2, 0.25) is 0 Å². The van der Waals surface area contributed by atoms with Gasteiger partial charge in [0.2, 0.25) is 0 Å². The summed E-state index contributed by atoms with van der Waals surface area (Å²) in [4.78, 5) is -6.95. The SMILES string of the molecule is O=S(=O)(O)c1c([O-])c(S(=O)(=O)O)c([O-])c(S(=O)(=O)O)c1[O-].[Na+].[Na+].[Na+]. The van der Waals surface area contributed by atoms with Crippen molar-refractivity contribution >= 4 is 30.4 Å². The molecule has 0 fully saturated rings. The zero-order chi connectivity index (χ0) is 17.0. The molecule has 0 amide bonds. The van der Waals surface area contributed by atoms with Crippen molar-refractivity contribution in [3.05, 3.63) is 0 Å². The monoisotopic (exact) mass is 432 g/mol. The third kappa shape index (κ3) is 6.21. The van der Waals surface area contributed by atoms with E-state index in [-0.39, 0.29) is 88.7 Å². The summed E-state index contributed by atoms with van der Waals surface area (Å²) < 4.78 is 91.0. The molecule has 0 spiro atoms. The fourth-order valence-corrected chi connectivity index (χ4v) is 3.53. The van der Waals surface area contributed by atoms with Gasteiger partial charge in [0.15, 0.2) is 0 Å². The molecule has 18 heteroatoms. The predicted molar refractivity (Wildman–Crippen MR) is 54.2 cm³/mol. The topological polar surface area (TPSA) is 232 Å². The molecule has 0 radical (unpaired) electrons. The van der Waals surface area contributed by atoms with E-state index in [1.165, 1.54) is 0 Å². The van der Waals surface area contributed by atoms with E-state index in [2.05, 4.69) is 0 Å². The van der Waals surface area contributed by atoms with Crippen molar-refractivity contribution in [1.29, 1.82) is 0 Å². The third-order valence-electron chi connectivity index (χ3n) is 2.01. The van der Waals surface area contributed by atoms with E-state index in [1.54, 1.807) is 0 Å². The maximum atomic E-state index is 11.4. The molecule has 0 aliphatic carbocycles. The van der Waals surface area contributed by atoms with Crippen LogP contribution in [0.4, 0.5) is 0 Å². The molecule has 0 saturated heterocycles. The minimum absolute atomic E-state index is 0. The summed E-state index contributed by atoms with van der Waals surface area (Å²) in [5.41, 5.74) is 0. The Bertz CT molecular complexity index is 788. The summed E-state index contributed by atoms with van der Waals surface area (Å²) in [6.07, 6.45) is 0. The van der Waals surface area contributed by atoms with Crippen molar-refractivity contribution in [3.63, 3.8) is 0 Å². The first-order chi connectivity index (χ1) is 9.10. The average molecular weight is 432 g/mol. The number of rotatable bonds is 3. The standard InChI is InChI=1S/C6H6O12S3.3Na/c7-1-4(19(10,11)12)2(8)6(21(16,17)18)3(9)5(1)20(13,14)15;;;/h7-9H,(H,10,11,12)(H,13,14,15)(H,16,17,18);;;/q;3*+1/p-3. The van der Waals surface area contributed by atoms with Gasteiger partial charge in [0.25, 0.3) is 30.4 Å². The van der Waals surface area contributed by atoms with Gasteiger partial charge in [-0.15, -0.1) is 0 Å². The van der Waals surface area contributed by atoms with Gasteiger partial charge in [-0.1, -0.05) is 17.2 Å². The molecule has 0 atom stereocenters. The predicted octanol–water partition coefficient (Wildman–Crippen LogP) is -12.3. The molecule has 0 aliphatic rings. The third-order valence-corrected chi connectivity index (χ3v) is 4.67. The first kappa shape index (κ1) is 30.1. The van der Waals surface area contributed by atoms with Crippen LogP contribution >= 0.6 is 0 Å². The van der Waals surface area contributed by atoms with Crippen LogP contribution in [0, 0.1) is 0 Å². The molecule has 0 aliphatic heterocycles. The van der Waals surface area contributed by atoms with Crippen molar-refractivity contribution in [2.45, 2.75) is 14.7 Å². The molecule has 0 bridgehead atoms. The molecular weight excluding hydrogens is 429 g/mol. The first-order valence-electron chi connectivity index (χ1n) is 4.27. The minimum atomic E-state index is -5.76. The summed E-state index contributed by atoms with van der Waals surface area (Å²) in [7, 11) is -17.3. The smallest absolute Gasteiger partial charge is 0.871 e. The van der Waals surface area contributed by atoms with Crippen LogP contribution in [0.5, 0.6) is 17.2 Å². The van der Waals surface area contributed by atoms with E-state index in [9.17, 15) is 40.6 Å². The first-order valence-corrected chi connectivity index (χ1v) is 8.59. The van der Waals surface area contributed by atoms with Crippen LogP contribution in [-0.2, 0) is 30.4 Å². The molecule has 0 unspecified atom stereocenters. The Morgan fingerprint density at radius 1 is 0.500 bits per heavy atom. The molecule has 1 aromatic rings. The molecule has 120 valence electrons. The molecule has 3 N–H and O–H groups in total. The molecule has 1 aromatic carbocycles. The van der Waals surface area contributed by atoms with Crippen molar-refractivity contribution < 1.29 is 143 Å². The fourth-order valence-electron chi connectivity index (χ4n) is 1.32. The van der Waals surface area contributed by atoms with Crippen LogP contribution in [0.3, 0.4) is 0 Å². The van der Waals surface area contributed by atoms with Gasteiger partial charge < -0.3 is 15.3 Å². The Labute approximate surface area is 202 Å². The quantitative estimate of drug-likeness (QED) is 0.298. The normalized spacial score (nSPS) is 11.6. The van der Waals surface area contributed by atoms with Gasteiger partial charge >= 0.3 is 88.7 Å². The second-order valence-electron chi connectivity index (χ2n) is 3.40. The fraction of sp³-hybridized carbons (Fsp3) is 0. The van der Waals surface area contributed by atoms with E-state index < -0.39 is 62.3 Å². The second-order valence-corrected chi connectivity index (χ2v) is 7.48. The van der Waals surface area contributed by atoms with Gasteiger partial charge in [0.05, 0.1) is 14.7 Å². The van der Waals surface area contributed by atoms with Gasteiger partial charge in [0, 0.05) is 0 Å². The number of hydrogen-bond acceptors (Lipinski definition) is 9. The average Bonchev–Trinajstić information content (AvgIpc) is 2.07. The Hall–Kier alpha value is 1.35. The van der Waals surface area contributed by atoms with E-state index in [1.807, 2.05) is 0 Å². The van der Waals surface area contributed by atoms with Gasteiger partial charge in [-0.25, -0.2) is 0 Å². The molecule has 1 rings (SSSR count). The zero-order valence-corrected chi connectivity index (χ0v) is 20.7. The molecule has 0 aromatic heterocycles. The van der Waals surface area contributed by atoms with Crippen LogP contribution in [-0.4, -0.2) is 38.9 Å². The summed E-state index contributed by atoms with van der Waals surface area (Å²) in [6, 6.07) is 0. The molecular formula is C6H3Na3O12S3. The summed E-state index contributed by atoms with van der Waals surface area (Å²) in [6.45, 7) is 0. The van der Waals surface area contributed by atoms with Gasteiger partial charge in [0.1, 0.15) is 0 Å². The second kappa shape index (κ2) is 9.52. The maximum Gasteiger partial charge on any atom is 1.00 e. The Morgan fingerprint density at radius 2 is 0.625 bits per heavy atom. The van der Waals surface area contributed by atoms with Crippen molar-refractivity contribution in [2.75, 3.05) is 0 Å². The van der Waals surface area contributed by atoms with Crippen molar-refractivity contribution in [1.82, 2.24) is 0 Å². The van der Waals surface area contributed by atoms with Gasteiger partial charge in [-0.05, 0) is 0 Å². The van der Waals surface area contributed by atoms with Crippen molar-refractivity contribution in [2.24, 2.45) is 0 Å². The zero-order valence-electron chi connectivity index (χ0n) is 12.2. The Kier molecular flexibility index (Phi) is 11.9. The maximum absolute atomic E-state index is 11.4. The molecule has 0 saturated carbocycles. The van der Waals surface area contributed by atoms with Gasteiger partial charge in [-0.2, -0.15) is 25.3 Å². The largest absolute Gasteiger partial charge is 1.00 e. The van der Waals surface area contributed by atoms with E-state index in [4.69, 9.17) is 13.7 Å². The van der Waals surface area contributed by atoms with Crippen LogP contribution in [0.25, 0.3) is 0 Å². The molecule has 0 heterocycles. The van der Waals surface area contributed by atoms with E-state index in [0.717, 1.165) is 0 Å². The Morgan fingerprint density at radius 3 is 0.708 bits per heavy atom. The van der Waals surface area contributed by atoms with Crippen LogP contribution < -0.4 is 104 Å². The van der Waals surface area contributed by atoms with Crippen molar-refractivity contribution in [3.8, 4) is 17.2 Å². The minimum Gasteiger partial charge on any atom is -0.871 e. The van der Waals surface area contributed by atoms with Gasteiger partial charge in [-0.3, -0.25) is 13.7 Å². The Balaban J connectivity index is -0.00000147. The molecule has 24 heavy (non-hydrogen) atoms. The van der Waals surface area contributed by atoms with Crippen LogP contribution in [0.15, 0.2) is 14.7 Å². The summed E-state index contributed by atoms with van der Waals surface area (Å²) >= 11 is 0. The summed E-state index contributed by atoms with van der Waals surface area (Å²) in [5.74, 6) is -7.28. The molecule has 12 nitrogen and oxygen atoms in total. The van der Waals surface area contributed by atoms with E-state index in [0.29, 0.717) is 0 Å².